The van der Waals surface area contributed by atoms with Crippen molar-refractivity contribution in [2.45, 2.75) is 91.9 Å². The highest BCUT2D eigenvalue weighted by Gasteiger charge is 2.22. The van der Waals surface area contributed by atoms with Crippen LogP contribution in [-0.2, 0) is 12.8 Å². The third-order valence-electron chi connectivity index (χ3n) is 7.31. The molecule has 0 fully saturated rings. The average molecular weight is 500 g/mol. The molecule has 3 aromatic carbocycles. The van der Waals surface area contributed by atoms with Gasteiger partial charge >= 0.3 is 0 Å². The first-order valence-corrected chi connectivity index (χ1v) is 14.7. The highest BCUT2D eigenvalue weighted by molar-refractivity contribution is 5.97. The topological polar surface area (TPSA) is 23.4 Å². The second kappa shape index (κ2) is 13.6. The van der Waals surface area contributed by atoms with Crippen molar-refractivity contribution in [2.75, 3.05) is 13.2 Å². The normalized spacial score (nSPS) is 11.5. The van der Waals surface area contributed by atoms with Crippen LogP contribution in [0.15, 0.2) is 54.6 Å². The molecule has 3 heteroatoms. The molecule has 4 aromatic rings. The van der Waals surface area contributed by atoms with E-state index in [-0.39, 0.29) is 0 Å². The molecule has 0 spiro atoms. The molecule has 3 nitrogen and oxygen atoms in total. The van der Waals surface area contributed by atoms with Crippen LogP contribution in [-0.4, -0.2) is 17.8 Å². The molecule has 0 amide bonds. The molecular formula is C34H45NO2. The number of nitrogens with zero attached hydrogens (tertiary/aromatic N) is 1. The molecule has 0 aliphatic heterocycles. The lowest BCUT2D eigenvalue weighted by molar-refractivity contribution is 0.308. The second-order valence-corrected chi connectivity index (χ2v) is 10.2. The van der Waals surface area contributed by atoms with Gasteiger partial charge < -0.3 is 14.0 Å². The van der Waals surface area contributed by atoms with Gasteiger partial charge in [-0.15, -0.1) is 0 Å². The first kappa shape index (κ1) is 27.1. The molecule has 37 heavy (non-hydrogen) atoms. The summed E-state index contributed by atoms with van der Waals surface area (Å²) in [5.41, 5.74) is 5.41. The predicted molar refractivity (Wildman–Crippen MR) is 159 cm³/mol. The van der Waals surface area contributed by atoms with Crippen molar-refractivity contribution < 1.29 is 9.47 Å². The van der Waals surface area contributed by atoms with E-state index < -0.39 is 0 Å². The van der Waals surface area contributed by atoms with Crippen LogP contribution in [0.2, 0.25) is 0 Å². The Hall–Kier alpha value is -2.94. The maximum Gasteiger partial charge on any atom is 0.143 e. The van der Waals surface area contributed by atoms with E-state index in [1.165, 1.54) is 64.3 Å². The van der Waals surface area contributed by atoms with Gasteiger partial charge in [-0.2, -0.15) is 0 Å². The summed E-state index contributed by atoms with van der Waals surface area (Å²) in [5, 5.41) is 3.80. The predicted octanol–water partition coefficient (Wildman–Crippen LogP) is 9.83. The standard InChI is InChI=1S/C34H45NO2/c1-5-9-15-28-29-16-13-14-18-32(29)35(31(28)17-10-6-2)34-30-25-27(36-23-11-7-3)21-19-26(30)20-22-33(34)37-24-12-8-4/h13-14,16,18-22,25H,5-12,15,17,23-24H2,1-4H3. The Labute approximate surface area is 223 Å². The van der Waals surface area contributed by atoms with Crippen molar-refractivity contribution in [2.24, 2.45) is 0 Å². The fraction of sp³-hybridized carbons (Fsp3) is 0.471. The van der Waals surface area contributed by atoms with Crippen molar-refractivity contribution in [1.29, 1.82) is 0 Å². The van der Waals surface area contributed by atoms with E-state index in [0.29, 0.717) is 0 Å². The molecule has 0 atom stereocenters. The zero-order valence-corrected chi connectivity index (χ0v) is 23.4. The lowest BCUT2D eigenvalue weighted by atomic mass is 10.0. The van der Waals surface area contributed by atoms with Gasteiger partial charge in [-0.1, -0.05) is 83.7 Å². The lowest BCUT2D eigenvalue weighted by Crippen LogP contribution is -2.07. The maximum absolute atomic E-state index is 6.52. The summed E-state index contributed by atoms with van der Waals surface area (Å²) in [4.78, 5) is 0. The molecule has 0 aliphatic rings. The van der Waals surface area contributed by atoms with Crippen molar-refractivity contribution in [3.05, 3.63) is 65.9 Å². The number of hydrogen-bond acceptors (Lipinski definition) is 2. The molecule has 1 aromatic heterocycles. The molecule has 1 heterocycles. The van der Waals surface area contributed by atoms with Gasteiger partial charge in [0.25, 0.3) is 0 Å². The Morgan fingerprint density at radius 2 is 1.32 bits per heavy atom. The number of aromatic nitrogens is 1. The molecule has 0 radical (unpaired) electrons. The molecule has 0 aliphatic carbocycles. The summed E-state index contributed by atoms with van der Waals surface area (Å²) in [6, 6.07) is 19.9. The quantitative estimate of drug-likeness (QED) is 0.152. The van der Waals surface area contributed by atoms with Crippen LogP contribution in [0.1, 0.15) is 90.3 Å². The minimum atomic E-state index is 0.730. The zero-order valence-electron chi connectivity index (χ0n) is 23.4. The summed E-state index contributed by atoms with van der Waals surface area (Å²) >= 11 is 0. The molecule has 0 saturated heterocycles. The molecular weight excluding hydrogens is 454 g/mol. The third-order valence-corrected chi connectivity index (χ3v) is 7.31. The number of hydrogen-bond donors (Lipinski definition) is 0. The molecule has 0 unspecified atom stereocenters. The number of rotatable bonds is 15. The molecule has 0 bridgehead atoms. The fourth-order valence-corrected chi connectivity index (χ4v) is 5.22. The van der Waals surface area contributed by atoms with Gasteiger partial charge in [0.05, 0.1) is 24.4 Å². The number of benzene rings is 3. The summed E-state index contributed by atoms with van der Waals surface area (Å²) in [7, 11) is 0. The fourth-order valence-electron chi connectivity index (χ4n) is 5.22. The van der Waals surface area contributed by atoms with Gasteiger partial charge in [0, 0.05) is 16.5 Å². The van der Waals surface area contributed by atoms with E-state index in [2.05, 4.69) is 86.9 Å². The third kappa shape index (κ3) is 6.14. The monoisotopic (exact) mass is 499 g/mol. The summed E-state index contributed by atoms with van der Waals surface area (Å²) in [6.07, 6.45) is 11.3. The Balaban J connectivity index is 2.00. The highest BCUT2D eigenvalue weighted by atomic mass is 16.5. The molecule has 198 valence electrons. The van der Waals surface area contributed by atoms with Crippen molar-refractivity contribution in [1.82, 2.24) is 4.57 Å². The Morgan fingerprint density at radius 3 is 2.08 bits per heavy atom. The van der Waals surface area contributed by atoms with E-state index >= 15 is 0 Å². The minimum absolute atomic E-state index is 0.730. The Morgan fingerprint density at radius 1 is 0.649 bits per heavy atom. The number of para-hydroxylation sites is 1. The smallest absolute Gasteiger partial charge is 0.143 e. The maximum atomic E-state index is 6.52. The number of ether oxygens (including phenoxy) is 2. The average Bonchev–Trinajstić information content (AvgIpc) is 3.23. The van der Waals surface area contributed by atoms with Crippen LogP contribution in [0.3, 0.4) is 0 Å². The summed E-state index contributed by atoms with van der Waals surface area (Å²) in [5.74, 6) is 1.90. The van der Waals surface area contributed by atoms with E-state index in [4.69, 9.17) is 9.47 Å². The molecule has 4 rings (SSSR count). The lowest BCUT2D eigenvalue weighted by Gasteiger charge is -2.20. The molecule has 0 N–H and O–H groups in total. The molecule has 0 saturated carbocycles. The summed E-state index contributed by atoms with van der Waals surface area (Å²) in [6.45, 7) is 10.5. The number of fused-ring (bicyclic) bond motifs is 2. The van der Waals surface area contributed by atoms with Gasteiger partial charge in [0.2, 0.25) is 0 Å². The van der Waals surface area contributed by atoms with E-state index in [0.717, 1.165) is 63.2 Å². The SMILES string of the molecule is CCCCOc1ccc2ccc(OCCCC)c(-n3c(CCCC)c(CCCC)c4ccccc43)c2c1. The number of aryl methyl sites for hydroxylation is 1. The van der Waals surface area contributed by atoms with Crippen LogP contribution in [0.5, 0.6) is 11.5 Å². The largest absolute Gasteiger partial charge is 0.494 e. The minimum Gasteiger partial charge on any atom is -0.494 e. The van der Waals surface area contributed by atoms with Crippen LogP contribution >= 0.6 is 0 Å². The van der Waals surface area contributed by atoms with E-state index in [9.17, 15) is 0 Å². The Kier molecular flexibility index (Phi) is 9.93. The van der Waals surface area contributed by atoms with Crippen molar-refractivity contribution in [3.63, 3.8) is 0 Å². The van der Waals surface area contributed by atoms with Gasteiger partial charge in [0.15, 0.2) is 0 Å². The van der Waals surface area contributed by atoms with Gasteiger partial charge in [-0.3, -0.25) is 0 Å². The van der Waals surface area contributed by atoms with Gasteiger partial charge in [-0.25, -0.2) is 0 Å². The van der Waals surface area contributed by atoms with Crippen molar-refractivity contribution >= 4 is 21.7 Å². The second-order valence-electron chi connectivity index (χ2n) is 10.2. The highest BCUT2D eigenvalue weighted by Crippen LogP contribution is 2.40. The van der Waals surface area contributed by atoms with Crippen LogP contribution in [0.25, 0.3) is 27.4 Å². The summed E-state index contributed by atoms with van der Waals surface area (Å²) < 4.78 is 15.2. The van der Waals surface area contributed by atoms with Gasteiger partial charge in [0.1, 0.15) is 11.5 Å². The van der Waals surface area contributed by atoms with E-state index in [1.54, 1.807) is 0 Å². The first-order chi connectivity index (χ1) is 18.2. The zero-order chi connectivity index (χ0) is 26.0. The van der Waals surface area contributed by atoms with E-state index in [1.807, 2.05) is 0 Å². The van der Waals surface area contributed by atoms with Crippen LogP contribution in [0, 0.1) is 0 Å². The van der Waals surface area contributed by atoms with Gasteiger partial charge in [-0.05, 0) is 73.7 Å². The first-order valence-electron chi connectivity index (χ1n) is 14.7. The van der Waals surface area contributed by atoms with Crippen LogP contribution < -0.4 is 9.47 Å². The number of unbranched alkanes of at least 4 members (excludes halogenated alkanes) is 4. The Bertz CT molecular complexity index is 1280. The van der Waals surface area contributed by atoms with Crippen molar-refractivity contribution in [3.8, 4) is 17.2 Å². The van der Waals surface area contributed by atoms with Crippen LogP contribution in [0.4, 0.5) is 0 Å².